The van der Waals surface area contributed by atoms with Crippen molar-refractivity contribution in [1.29, 1.82) is 0 Å². The molecule has 4 rings (SSSR count). The number of hydrogen-bond donors (Lipinski definition) is 3. The normalized spacial score (nSPS) is 20.0. The third-order valence-corrected chi connectivity index (χ3v) is 5.95. The number of aliphatic hydroxyl groups excluding tert-OH is 1. The number of fused-ring (bicyclic) bond motifs is 1. The topological polar surface area (TPSA) is 68.5 Å². The number of piperazine rings is 1. The zero-order chi connectivity index (χ0) is 22.0. The van der Waals surface area contributed by atoms with Crippen LogP contribution in [0.4, 0.5) is 4.39 Å². The zero-order valence-corrected chi connectivity index (χ0v) is 17.9. The molecular weight excluding hydrogens is 399 g/mol. The molecule has 2 heterocycles. The minimum atomic E-state index is -0.557. The average molecular weight is 429 g/mol. The Morgan fingerprint density at radius 2 is 1.84 bits per heavy atom. The number of rotatable bonds is 6. The first-order valence-electron chi connectivity index (χ1n) is 10.7. The van der Waals surface area contributed by atoms with E-state index in [-0.39, 0.29) is 17.9 Å². The maximum atomic E-state index is 13.2. The maximum Gasteiger partial charge on any atom is 0.200 e. The molecule has 1 aliphatic rings. The summed E-state index contributed by atoms with van der Waals surface area (Å²) >= 11 is 0. The first-order chi connectivity index (χ1) is 14.9. The number of nitrogens with one attached hydrogen (secondary N) is 2. The molecule has 0 radical (unpaired) electrons. The van der Waals surface area contributed by atoms with Gasteiger partial charge in [-0.2, -0.15) is 0 Å². The molecule has 0 saturated carbocycles. The number of ether oxygens (including phenoxy) is 1. The van der Waals surface area contributed by atoms with Crippen LogP contribution in [0, 0.1) is 12.7 Å². The van der Waals surface area contributed by atoms with Gasteiger partial charge in [-0.25, -0.2) is 4.39 Å². The first-order valence-corrected chi connectivity index (χ1v) is 10.7. The summed E-state index contributed by atoms with van der Waals surface area (Å²) in [6, 6.07) is 10.9. The Labute approximate surface area is 180 Å². The molecule has 2 aromatic carbocycles. The van der Waals surface area contributed by atoms with E-state index in [2.05, 4.69) is 7.05 Å². The quantitative estimate of drug-likeness (QED) is 0.520. The highest BCUT2D eigenvalue weighted by atomic mass is 19.1. The van der Waals surface area contributed by atoms with Gasteiger partial charge in [0.25, 0.3) is 0 Å². The lowest BCUT2D eigenvalue weighted by atomic mass is 10.0. The first kappa shape index (κ1) is 21.5. The fraction of sp³-hybridized carbons (Fsp3) is 0.375. The Hall–Kier alpha value is -2.74. The highest BCUT2D eigenvalue weighted by Gasteiger charge is 2.23. The van der Waals surface area contributed by atoms with Crippen molar-refractivity contribution >= 4 is 11.0 Å². The van der Waals surface area contributed by atoms with Crippen molar-refractivity contribution in [3.05, 3.63) is 64.3 Å². The lowest BCUT2D eigenvalue weighted by Crippen LogP contribution is -3.27. The summed E-state index contributed by atoms with van der Waals surface area (Å²) in [5, 5.41) is 10.8. The van der Waals surface area contributed by atoms with Gasteiger partial charge in [0.05, 0.1) is 18.0 Å². The molecule has 1 fully saturated rings. The van der Waals surface area contributed by atoms with Gasteiger partial charge in [0.15, 0.2) is 0 Å². The number of aliphatic hydroxyl groups is 1. The van der Waals surface area contributed by atoms with Crippen molar-refractivity contribution in [3.8, 4) is 16.9 Å². The van der Waals surface area contributed by atoms with Gasteiger partial charge in [-0.15, -0.1) is 0 Å². The van der Waals surface area contributed by atoms with Crippen LogP contribution in [0.3, 0.4) is 0 Å². The minimum absolute atomic E-state index is 0.169. The van der Waals surface area contributed by atoms with Crippen LogP contribution in [0.5, 0.6) is 5.75 Å². The van der Waals surface area contributed by atoms with E-state index in [0.717, 1.165) is 26.2 Å². The third kappa shape index (κ3) is 4.95. The molecule has 0 amide bonds. The van der Waals surface area contributed by atoms with E-state index in [0.29, 0.717) is 40.2 Å². The molecule has 31 heavy (non-hydrogen) atoms. The third-order valence-electron chi connectivity index (χ3n) is 5.95. The summed E-state index contributed by atoms with van der Waals surface area (Å²) in [7, 11) is 2.19. The van der Waals surface area contributed by atoms with Crippen LogP contribution in [0.1, 0.15) is 5.76 Å². The van der Waals surface area contributed by atoms with Crippen LogP contribution >= 0.6 is 0 Å². The molecule has 0 bridgehead atoms. The molecule has 1 aliphatic heterocycles. The van der Waals surface area contributed by atoms with E-state index in [1.165, 1.54) is 21.9 Å². The van der Waals surface area contributed by atoms with Crippen molar-refractivity contribution in [2.75, 3.05) is 46.4 Å². The Bertz CT molecular complexity index is 1110. The van der Waals surface area contributed by atoms with Gasteiger partial charge in [0, 0.05) is 6.07 Å². The average Bonchev–Trinajstić information content (AvgIpc) is 2.75. The second kappa shape index (κ2) is 9.18. The molecule has 6 nitrogen and oxygen atoms in total. The van der Waals surface area contributed by atoms with Gasteiger partial charge in [-0.05, 0) is 36.8 Å². The molecule has 0 aliphatic carbocycles. The van der Waals surface area contributed by atoms with Crippen molar-refractivity contribution < 1.29 is 28.5 Å². The van der Waals surface area contributed by atoms with Crippen LogP contribution < -0.4 is 20.0 Å². The Kier molecular flexibility index (Phi) is 6.36. The fourth-order valence-electron chi connectivity index (χ4n) is 4.14. The minimum Gasteiger partial charge on any atom is -0.491 e. The van der Waals surface area contributed by atoms with Crippen molar-refractivity contribution in [3.63, 3.8) is 0 Å². The molecule has 164 valence electrons. The predicted octanol–water partition coefficient (Wildman–Crippen LogP) is 0.0604. The van der Waals surface area contributed by atoms with E-state index in [1.54, 1.807) is 37.3 Å². The second-order valence-corrected chi connectivity index (χ2v) is 8.40. The maximum absolute atomic E-state index is 13.2. The summed E-state index contributed by atoms with van der Waals surface area (Å²) in [4.78, 5) is 15.9. The number of quaternary nitrogens is 2. The van der Waals surface area contributed by atoms with E-state index in [1.807, 2.05) is 0 Å². The Balaban J connectivity index is 1.47. The SMILES string of the molecule is Cc1oc2cc(OC[C@H](O)C[NH+]3CC[NH+](C)CC3)ccc2c(=O)c1-c1ccc(F)cc1. The largest absolute Gasteiger partial charge is 0.491 e. The molecule has 1 aromatic heterocycles. The van der Waals surface area contributed by atoms with Gasteiger partial charge < -0.3 is 24.1 Å². The highest BCUT2D eigenvalue weighted by molar-refractivity contribution is 5.83. The van der Waals surface area contributed by atoms with Crippen LogP contribution in [0.15, 0.2) is 51.7 Å². The zero-order valence-electron chi connectivity index (χ0n) is 17.9. The van der Waals surface area contributed by atoms with Gasteiger partial charge in [-0.3, -0.25) is 4.79 Å². The summed E-state index contributed by atoms with van der Waals surface area (Å²) in [6.07, 6.45) is -0.557. The number of halogens is 1. The molecule has 1 atom stereocenters. The van der Waals surface area contributed by atoms with Gasteiger partial charge >= 0.3 is 0 Å². The van der Waals surface area contributed by atoms with Crippen LogP contribution in [-0.2, 0) is 0 Å². The predicted molar refractivity (Wildman–Crippen MR) is 116 cm³/mol. The van der Waals surface area contributed by atoms with Gasteiger partial charge in [-0.1, -0.05) is 12.1 Å². The molecule has 0 unspecified atom stereocenters. The van der Waals surface area contributed by atoms with E-state index < -0.39 is 6.10 Å². The van der Waals surface area contributed by atoms with Crippen LogP contribution in [0.2, 0.25) is 0 Å². The number of aryl methyl sites for hydroxylation is 1. The molecule has 0 spiro atoms. The molecule has 7 heteroatoms. The molecular formula is C24H29FN2O4+2. The monoisotopic (exact) mass is 428 g/mol. The summed E-state index contributed by atoms with van der Waals surface area (Å²) in [5.74, 6) is 0.648. The lowest BCUT2D eigenvalue weighted by Gasteiger charge is -2.28. The summed E-state index contributed by atoms with van der Waals surface area (Å²) in [5.41, 5.74) is 1.30. The molecule has 3 N–H and O–H groups in total. The summed E-state index contributed by atoms with van der Waals surface area (Å²) in [6.45, 7) is 6.92. The second-order valence-electron chi connectivity index (χ2n) is 8.40. The Morgan fingerprint density at radius 1 is 1.13 bits per heavy atom. The molecule has 1 saturated heterocycles. The fourth-order valence-corrected chi connectivity index (χ4v) is 4.14. The van der Waals surface area contributed by atoms with Crippen LogP contribution in [-0.4, -0.2) is 57.6 Å². The summed E-state index contributed by atoms with van der Waals surface area (Å²) < 4.78 is 24.9. The van der Waals surface area contributed by atoms with E-state index >= 15 is 0 Å². The molecule has 3 aromatic rings. The van der Waals surface area contributed by atoms with Crippen molar-refractivity contribution in [2.45, 2.75) is 13.0 Å². The smallest absolute Gasteiger partial charge is 0.200 e. The lowest BCUT2D eigenvalue weighted by molar-refractivity contribution is -1.00. The number of likely N-dealkylation sites (N-methyl/N-ethyl adjacent to an activating group) is 1. The van der Waals surface area contributed by atoms with Crippen molar-refractivity contribution in [1.82, 2.24) is 0 Å². The van der Waals surface area contributed by atoms with Gasteiger partial charge in [0.1, 0.15) is 68.3 Å². The number of benzene rings is 2. The van der Waals surface area contributed by atoms with Gasteiger partial charge in [0.2, 0.25) is 5.43 Å². The van der Waals surface area contributed by atoms with E-state index in [4.69, 9.17) is 9.15 Å². The van der Waals surface area contributed by atoms with E-state index in [9.17, 15) is 14.3 Å². The number of hydrogen-bond acceptors (Lipinski definition) is 4. The van der Waals surface area contributed by atoms with Crippen molar-refractivity contribution in [2.24, 2.45) is 0 Å². The van der Waals surface area contributed by atoms with Crippen LogP contribution in [0.25, 0.3) is 22.1 Å². The Morgan fingerprint density at radius 3 is 2.55 bits per heavy atom. The standard InChI is InChI=1S/C24H27FN2O4/c1-16-23(17-3-5-18(25)6-4-17)24(29)21-8-7-20(13-22(21)31-16)30-15-19(28)14-27-11-9-26(2)10-12-27/h3-8,13,19,28H,9-12,14-15H2,1-2H3/p+2/t19-/m1/s1. The highest BCUT2D eigenvalue weighted by Crippen LogP contribution is 2.26.